The van der Waals surface area contributed by atoms with E-state index in [0.29, 0.717) is 28.0 Å². The molecule has 0 bridgehead atoms. The third-order valence-corrected chi connectivity index (χ3v) is 4.54. The average Bonchev–Trinajstić information content (AvgIpc) is 2.74. The molecule has 2 aromatic rings. The zero-order chi connectivity index (χ0) is 25.6. The molecule has 0 fully saturated rings. The number of hydrogen-bond donors (Lipinski definition) is 1. The maximum Gasteiger partial charge on any atom is 0.462 e. The second kappa shape index (κ2) is 11.0. The highest BCUT2D eigenvalue weighted by Gasteiger charge is 2.73. The molecule has 0 aliphatic carbocycles. The zero-order valence-corrected chi connectivity index (χ0v) is 18.5. The van der Waals surface area contributed by atoms with Crippen molar-refractivity contribution in [1.29, 1.82) is 0 Å². The van der Waals surface area contributed by atoms with Gasteiger partial charge >= 0.3 is 18.1 Å². The minimum atomic E-state index is -6.47. The smallest absolute Gasteiger partial charge is 0.462 e. The lowest BCUT2D eigenvalue weighted by molar-refractivity contribution is -0.361. The lowest BCUT2D eigenvalue weighted by atomic mass is 10.1. The van der Waals surface area contributed by atoms with E-state index in [4.69, 9.17) is 21.1 Å². The van der Waals surface area contributed by atoms with Crippen molar-refractivity contribution in [3.63, 3.8) is 0 Å². The van der Waals surface area contributed by atoms with Crippen LogP contribution in [0.1, 0.15) is 23.6 Å². The highest BCUT2D eigenvalue weighted by Crippen LogP contribution is 2.45. The zero-order valence-electron chi connectivity index (χ0n) is 17.7. The fourth-order valence-corrected chi connectivity index (χ4v) is 2.79. The van der Waals surface area contributed by atoms with Crippen LogP contribution in [0.4, 0.5) is 30.7 Å². The second-order valence-corrected chi connectivity index (χ2v) is 7.30. The number of nitrogens with one attached hydrogen (secondary N) is 1. The number of hydrazone groups is 1. The molecule has 2 aromatic carbocycles. The Labute approximate surface area is 196 Å². The summed E-state index contributed by atoms with van der Waals surface area (Å²) in [6.07, 6.45) is -4.04. The topological polar surface area (TPSA) is 42.9 Å². The molecule has 2 rings (SSSR count). The van der Waals surface area contributed by atoms with Crippen molar-refractivity contribution in [2.45, 2.75) is 38.1 Å². The van der Waals surface area contributed by atoms with Crippen molar-refractivity contribution in [1.82, 2.24) is 5.43 Å². The first-order chi connectivity index (χ1) is 15.8. The van der Waals surface area contributed by atoms with Gasteiger partial charge in [-0.25, -0.2) is 5.43 Å². The predicted octanol–water partition coefficient (Wildman–Crippen LogP) is 6.76. The molecule has 34 heavy (non-hydrogen) atoms. The van der Waals surface area contributed by atoms with E-state index < -0.39 is 18.1 Å². The summed E-state index contributed by atoms with van der Waals surface area (Å²) in [5.74, 6) is -5.83. The largest absolute Gasteiger partial charge is 0.490 e. The highest BCUT2D eigenvalue weighted by molar-refractivity contribution is 6.30. The van der Waals surface area contributed by atoms with E-state index in [1.165, 1.54) is 18.2 Å². The Balaban J connectivity index is 2.31. The number of benzene rings is 2. The van der Waals surface area contributed by atoms with Gasteiger partial charge in [-0.15, -0.1) is 6.58 Å². The number of halogens is 8. The molecular weight excluding hydrogens is 493 g/mol. The van der Waals surface area contributed by atoms with E-state index in [1.54, 1.807) is 31.2 Å². The quantitative estimate of drug-likeness (QED) is 0.119. The fourth-order valence-electron chi connectivity index (χ4n) is 2.66. The summed E-state index contributed by atoms with van der Waals surface area (Å²) < 4.78 is 101. The van der Waals surface area contributed by atoms with Gasteiger partial charge in [0.2, 0.25) is 0 Å². The number of hydrogen-bond acceptors (Lipinski definition) is 4. The maximum absolute atomic E-state index is 13.4. The third kappa shape index (κ3) is 6.55. The van der Waals surface area contributed by atoms with Crippen LogP contribution in [-0.4, -0.2) is 31.0 Å². The minimum absolute atomic E-state index is 0.0813. The molecule has 0 aliphatic heterocycles. The minimum Gasteiger partial charge on any atom is -0.490 e. The van der Waals surface area contributed by atoms with Gasteiger partial charge in [-0.1, -0.05) is 29.8 Å². The van der Waals surface area contributed by atoms with E-state index in [1.807, 2.05) is 0 Å². The Morgan fingerprint density at radius 1 is 1.03 bits per heavy atom. The molecule has 4 nitrogen and oxygen atoms in total. The monoisotopic (exact) mass is 512 g/mol. The van der Waals surface area contributed by atoms with Gasteiger partial charge in [0, 0.05) is 10.6 Å². The predicted molar refractivity (Wildman–Crippen MR) is 114 cm³/mol. The van der Waals surface area contributed by atoms with Crippen LogP contribution >= 0.6 is 11.6 Å². The lowest BCUT2D eigenvalue weighted by Crippen LogP contribution is -2.58. The molecule has 0 aliphatic rings. The molecule has 0 heterocycles. The van der Waals surface area contributed by atoms with Gasteiger partial charge in [0.05, 0.1) is 12.8 Å². The van der Waals surface area contributed by atoms with Gasteiger partial charge < -0.3 is 9.47 Å². The first-order valence-corrected chi connectivity index (χ1v) is 10.1. The Kier molecular flexibility index (Phi) is 8.82. The average molecular weight is 513 g/mol. The molecular formula is C22H20ClF7N2O2. The standard InChI is InChI=1S/C22H20ClF7N2O2/c1-3-5-16-10-15(12-31-32-22(29,30)20(24,25)21(26,27)28)11-18(33-4-2)19(16)34-13-14-6-8-17(23)9-7-14/h3,6-12,32H,1,4-5,13H2,2H3/b31-12+. The fraction of sp³-hybridized carbons (Fsp3) is 0.318. The highest BCUT2D eigenvalue weighted by atomic mass is 35.5. The van der Waals surface area contributed by atoms with E-state index >= 15 is 0 Å². The lowest BCUT2D eigenvalue weighted by Gasteiger charge is -2.27. The molecule has 0 radical (unpaired) electrons. The van der Waals surface area contributed by atoms with Gasteiger partial charge in [0.1, 0.15) is 6.61 Å². The number of nitrogens with zero attached hydrogens (tertiary/aromatic N) is 1. The first-order valence-electron chi connectivity index (χ1n) is 9.72. The van der Waals surface area contributed by atoms with E-state index in [9.17, 15) is 30.7 Å². The molecule has 0 saturated carbocycles. The molecule has 186 valence electrons. The Bertz CT molecular complexity index is 1010. The van der Waals surface area contributed by atoms with Crippen molar-refractivity contribution in [2.24, 2.45) is 5.10 Å². The summed E-state index contributed by atoms with van der Waals surface area (Å²) >= 11 is 5.86. The number of alkyl halides is 7. The van der Waals surface area contributed by atoms with Crippen molar-refractivity contribution < 1.29 is 40.2 Å². The van der Waals surface area contributed by atoms with E-state index in [0.717, 1.165) is 5.56 Å². The molecule has 1 N–H and O–H groups in total. The Hall–Kier alpha value is -2.95. The van der Waals surface area contributed by atoms with Crippen molar-refractivity contribution in [3.8, 4) is 11.5 Å². The second-order valence-electron chi connectivity index (χ2n) is 6.86. The van der Waals surface area contributed by atoms with Crippen LogP contribution in [0.2, 0.25) is 5.02 Å². The molecule has 0 atom stereocenters. The van der Waals surface area contributed by atoms with E-state index in [2.05, 4.69) is 11.7 Å². The van der Waals surface area contributed by atoms with Gasteiger partial charge in [-0.2, -0.15) is 35.8 Å². The van der Waals surface area contributed by atoms with Gasteiger partial charge in [0.15, 0.2) is 11.5 Å². The SMILES string of the molecule is C=CCc1cc(/C=N/NC(F)(F)C(F)(F)C(F)(F)F)cc(OCC)c1OCc1ccc(Cl)cc1. The summed E-state index contributed by atoms with van der Waals surface area (Å²) in [4.78, 5) is 0. The number of ether oxygens (including phenoxy) is 2. The van der Waals surface area contributed by atoms with Crippen LogP contribution in [0, 0.1) is 0 Å². The van der Waals surface area contributed by atoms with Gasteiger partial charge in [0.25, 0.3) is 0 Å². The van der Waals surface area contributed by atoms with Gasteiger partial charge in [-0.05, 0) is 48.7 Å². The van der Waals surface area contributed by atoms with Crippen LogP contribution in [0.25, 0.3) is 0 Å². The first kappa shape index (κ1) is 27.3. The summed E-state index contributed by atoms with van der Waals surface area (Å²) in [6, 6.07) is 3.93. The van der Waals surface area contributed by atoms with Crippen molar-refractivity contribution in [3.05, 3.63) is 70.8 Å². The van der Waals surface area contributed by atoms with Crippen LogP contribution in [-0.2, 0) is 13.0 Å². The third-order valence-electron chi connectivity index (χ3n) is 4.28. The number of allylic oxidation sites excluding steroid dienone is 1. The van der Waals surface area contributed by atoms with Crippen LogP contribution < -0.4 is 14.9 Å². The van der Waals surface area contributed by atoms with Crippen LogP contribution in [0.3, 0.4) is 0 Å². The molecule has 0 unspecified atom stereocenters. The van der Waals surface area contributed by atoms with Crippen LogP contribution in [0.5, 0.6) is 11.5 Å². The van der Waals surface area contributed by atoms with Gasteiger partial charge in [-0.3, -0.25) is 0 Å². The van der Waals surface area contributed by atoms with Crippen molar-refractivity contribution in [2.75, 3.05) is 6.61 Å². The molecule has 0 saturated heterocycles. The summed E-state index contributed by atoms with van der Waals surface area (Å²) in [5.41, 5.74) is 1.95. The van der Waals surface area contributed by atoms with E-state index in [-0.39, 0.29) is 30.9 Å². The number of rotatable bonds is 11. The summed E-state index contributed by atoms with van der Waals surface area (Å²) in [5, 5.41) is 3.43. The molecule has 12 heteroatoms. The normalized spacial score (nSPS) is 12.6. The molecule has 0 amide bonds. The molecule has 0 spiro atoms. The maximum atomic E-state index is 13.4. The van der Waals surface area contributed by atoms with Crippen molar-refractivity contribution >= 4 is 17.8 Å². The Morgan fingerprint density at radius 2 is 1.68 bits per heavy atom. The summed E-state index contributed by atoms with van der Waals surface area (Å²) in [6.45, 7) is 5.64. The summed E-state index contributed by atoms with van der Waals surface area (Å²) in [7, 11) is 0. The molecule has 0 aromatic heterocycles. The van der Waals surface area contributed by atoms with Crippen LogP contribution in [0.15, 0.2) is 54.2 Å². The Morgan fingerprint density at radius 3 is 2.24 bits per heavy atom.